The second kappa shape index (κ2) is 8.18. The number of unbranched alkanes of at least 4 members (excludes halogenated alkanes) is 6. The molecule has 3 heteroatoms. The summed E-state index contributed by atoms with van der Waals surface area (Å²) < 4.78 is 19.0. The molecule has 1 aromatic heterocycles. The van der Waals surface area contributed by atoms with E-state index in [0.29, 0.717) is 17.6 Å². The second-order valence-electron chi connectivity index (χ2n) is 5.73. The Balaban J connectivity index is 1.77. The number of aliphatic hydroxyl groups excluding tert-OH is 1. The van der Waals surface area contributed by atoms with E-state index in [1.807, 2.05) is 0 Å². The molecule has 0 fully saturated rings. The molecule has 0 bridgehead atoms. The molecule has 1 unspecified atom stereocenters. The molecular weight excluding hydrogens is 267 g/mol. The summed E-state index contributed by atoms with van der Waals surface area (Å²) in [5.41, 5.74) is 0.242. The Morgan fingerprint density at radius 3 is 2.52 bits per heavy atom. The van der Waals surface area contributed by atoms with Gasteiger partial charge in [-0.3, -0.25) is 0 Å². The van der Waals surface area contributed by atoms with E-state index in [0.717, 1.165) is 12.8 Å². The summed E-state index contributed by atoms with van der Waals surface area (Å²) in [6, 6.07) is 6.56. The van der Waals surface area contributed by atoms with Crippen molar-refractivity contribution in [2.45, 2.75) is 64.4 Å². The monoisotopic (exact) mass is 292 g/mol. The maximum absolute atomic E-state index is 13.5. The van der Waals surface area contributed by atoms with Crippen molar-refractivity contribution in [1.82, 2.24) is 0 Å². The standard InChI is InChI=1S/C18H25FO2/c1-2-3-4-5-6-7-8-12-16(20)17-13-14-10-9-11-15(19)18(14)21-17/h9-11,13,16,20H,2-8,12H2,1H3. The van der Waals surface area contributed by atoms with E-state index < -0.39 is 6.10 Å². The summed E-state index contributed by atoms with van der Waals surface area (Å²) in [7, 11) is 0. The van der Waals surface area contributed by atoms with Gasteiger partial charge in [0, 0.05) is 5.39 Å². The number of benzene rings is 1. The molecule has 0 aliphatic rings. The molecule has 2 nitrogen and oxygen atoms in total. The molecule has 0 saturated heterocycles. The fourth-order valence-corrected chi connectivity index (χ4v) is 2.65. The fourth-order valence-electron chi connectivity index (χ4n) is 2.65. The number of furan rings is 1. The predicted octanol–water partition coefficient (Wildman–Crippen LogP) is 5.75. The Morgan fingerprint density at radius 2 is 1.81 bits per heavy atom. The third-order valence-electron chi connectivity index (χ3n) is 3.92. The van der Waals surface area contributed by atoms with Crippen LogP contribution in [0.15, 0.2) is 28.7 Å². The van der Waals surface area contributed by atoms with Crippen LogP contribution in [-0.4, -0.2) is 5.11 Å². The highest BCUT2D eigenvalue weighted by Gasteiger charge is 2.14. The smallest absolute Gasteiger partial charge is 0.170 e. The van der Waals surface area contributed by atoms with Crippen molar-refractivity contribution in [3.8, 4) is 0 Å². The first-order valence-electron chi connectivity index (χ1n) is 8.08. The maximum atomic E-state index is 13.5. The molecule has 2 rings (SSSR count). The first-order valence-corrected chi connectivity index (χ1v) is 8.08. The Morgan fingerprint density at radius 1 is 1.10 bits per heavy atom. The summed E-state index contributed by atoms with van der Waals surface area (Å²) in [6.07, 6.45) is 8.54. The van der Waals surface area contributed by atoms with Crippen LogP contribution in [0, 0.1) is 5.82 Å². The highest BCUT2D eigenvalue weighted by Crippen LogP contribution is 2.28. The predicted molar refractivity (Wildman–Crippen MR) is 83.7 cm³/mol. The van der Waals surface area contributed by atoms with Gasteiger partial charge in [-0.15, -0.1) is 0 Å². The van der Waals surface area contributed by atoms with Crippen molar-refractivity contribution < 1.29 is 13.9 Å². The van der Waals surface area contributed by atoms with Crippen LogP contribution in [0.5, 0.6) is 0 Å². The first kappa shape index (κ1) is 16.0. The molecule has 2 aromatic rings. The first-order chi connectivity index (χ1) is 10.2. The molecule has 0 amide bonds. The van der Waals surface area contributed by atoms with Gasteiger partial charge in [-0.2, -0.15) is 0 Å². The van der Waals surface area contributed by atoms with E-state index >= 15 is 0 Å². The number of rotatable bonds is 9. The molecule has 0 aliphatic carbocycles. The van der Waals surface area contributed by atoms with Crippen LogP contribution in [0.1, 0.15) is 70.2 Å². The van der Waals surface area contributed by atoms with Crippen LogP contribution in [0.25, 0.3) is 11.0 Å². The summed E-state index contributed by atoms with van der Waals surface area (Å²) in [5.74, 6) is 0.1000. The Labute approximate surface area is 126 Å². The van der Waals surface area contributed by atoms with Gasteiger partial charge in [-0.05, 0) is 18.6 Å². The highest BCUT2D eigenvalue weighted by atomic mass is 19.1. The minimum absolute atomic E-state index is 0.242. The summed E-state index contributed by atoms with van der Waals surface area (Å²) >= 11 is 0. The lowest BCUT2D eigenvalue weighted by Gasteiger charge is -2.07. The molecule has 1 atom stereocenters. The average molecular weight is 292 g/mol. The molecule has 0 aliphatic heterocycles. The number of para-hydroxylation sites is 1. The lowest BCUT2D eigenvalue weighted by atomic mass is 10.1. The normalized spacial score (nSPS) is 12.9. The quantitative estimate of drug-likeness (QED) is 0.597. The molecule has 21 heavy (non-hydrogen) atoms. The van der Waals surface area contributed by atoms with E-state index in [4.69, 9.17) is 4.42 Å². The fraction of sp³-hybridized carbons (Fsp3) is 0.556. The maximum Gasteiger partial charge on any atom is 0.170 e. The van der Waals surface area contributed by atoms with Crippen LogP contribution in [0.4, 0.5) is 4.39 Å². The zero-order valence-corrected chi connectivity index (χ0v) is 12.8. The van der Waals surface area contributed by atoms with Crippen LogP contribution in [-0.2, 0) is 0 Å². The van der Waals surface area contributed by atoms with Crippen molar-refractivity contribution in [2.75, 3.05) is 0 Å². The van der Waals surface area contributed by atoms with Crippen molar-refractivity contribution >= 4 is 11.0 Å². The SMILES string of the molecule is CCCCCCCCCC(O)c1cc2cccc(F)c2o1. The van der Waals surface area contributed by atoms with Crippen LogP contribution in [0.3, 0.4) is 0 Å². The lowest BCUT2D eigenvalue weighted by Crippen LogP contribution is -1.95. The third-order valence-corrected chi connectivity index (χ3v) is 3.92. The van der Waals surface area contributed by atoms with E-state index in [2.05, 4.69) is 6.92 Å². The number of hydrogen-bond acceptors (Lipinski definition) is 2. The number of halogens is 1. The van der Waals surface area contributed by atoms with E-state index in [9.17, 15) is 9.50 Å². The van der Waals surface area contributed by atoms with Crippen LogP contribution in [0.2, 0.25) is 0 Å². The van der Waals surface area contributed by atoms with Gasteiger partial charge in [0.1, 0.15) is 11.9 Å². The molecule has 1 N–H and O–H groups in total. The van der Waals surface area contributed by atoms with Gasteiger partial charge in [-0.1, -0.05) is 64.0 Å². The molecule has 0 radical (unpaired) electrons. The summed E-state index contributed by atoms with van der Waals surface area (Å²) in [4.78, 5) is 0. The Kier molecular flexibility index (Phi) is 6.24. The molecule has 0 spiro atoms. The number of hydrogen-bond donors (Lipinski definition) is 1. The van der Waals surface area contributed by atoms with Crippen molar-refractivity contribution in [2.24, 2.45) is 0 Å². The van der Waals surface area contributed by atoms with Crippen molar-refractivity contribution in [3.63, 3.8) is 0 Å². The summed E-state index contributed by atoms with van der Waals surface area (Å²) in [5, 5.41) is 10.8. The van der Waals surface area contributed by atoms with Gasteiger partial charge in [0.2, 0.25) is 0 Å². The van der Waals surface area contributed by atoms with E-state index in [1.54, 1.807) is 18.2 Å². The largest absolute Gasteiger partial charge is 0.455 e. The van der Waals surface area contributed by atoms with Gasteiger partial charge in [-0.25, -0.2) is 4.39 Å². The molecule has 1 heterocycles. The third kappa shape index (κ3) is 4.57. The molecule has 116 valence electrons. The van der Waals surface area contributed by atoms with Crippen molar-refractivity contribution in [1.29, 1.82) is 0 Å². The zero-order chi connectivity index (χ0) is 15.1. The highest BCUT2D eigenvalue weighted by molar-refractivity contribution is 5.78. The molecule has 0 saturated carbocycles. The Bertz CT molecular complexity index is 547. The van der Waals surface area contributed by atoms with Gasteiger partial charge < -0.3 is 9.52 Å². The minimum Gasteiger partial charge on any atom is -0.455 e. The van der Waals surface area contributed by atoms with Gasteiger partial charge in [0.05, 0.1) is 0 Å². The Hall–Kier alpha value is -1.35. The number of aliphatic hydroxyl groups is 1. The topological polar surface area (TPSA) is 33.4 Å². The van der Waals surface area contributed by atoms with Gasteiger partial charge in [0.25, 0.3) is 0 Å². The zero-order valence-electron chi connectivity index (χ0n) is 12.8. The van der Waals surface area contributed by atoms with E-state index in [1.165, 1.54) is 38.2 Å². The van der Waals surface area contributed by atoms with Crippen molar-refractivity contribution in [3.05, 3.63) is 35.8 Å². The van der Waals surface area contributed by atoms with Gasteiger partial charge >= 0.3 is 0 Å². The minimum atomic E-state index is -0.632. The molecule has 1 aromatic carbocycles. The molecular formula is C18H25FO2. The van der Waals surface area contributed by atoms with Crippen LogP contribution < -0.4 is 0 Å². The second-order valence-corrected chi connectivity index (χ2v) is 5.73. The van der Waals surface area contributed by atoms with Crippen LogP contribution >= 0.6 is 0 Å². The van der Waals surface area contributed by atoms with E-state index in [-0.39, 0.29) is 11.4 Å². The number of fused-ring (bicyclic) bond motifs is 1. The lowest BCUT2D eigenvalue weighted by molar-refractivity contribution is 0.138. The van der Waals surface area contributed by atoms with Gasteiger partial charge in [0.15, 0.2) is 11.4 Å². The summed E-state index contributed by atoms with van der Waals surface area (Å²) in [6.45, 7) is 2.21. The average Bonchev–Trinajstić information content (AvgIpc) is 2.92.